The molecule has 5 rings (SSSR count). The smallest absolute Gasteiger partial charge is 0.391 e. The van der Waals surface area contributed by atoms with Gasteiger partial charge < -0.3 is 15.0 Å². The number of pyridine rings is 1. The molecule has 0 aliphatic carbocycles. The van der Waals surface area contributed by atoms with Gasteiger partial charge >= 0.3 is 6.09 Å². The highest BCUT2D eigenvalue weighted by Gasteiger charge is 2.28. The van der Waals surface area contributed by atoms with Gasteiger partial charge in [-0.2, -0.15) is 5.10 Å². The highest BCUT2D eigenvalue weighted by molar-refractivity contribution is 5.97. The van der Waals surface area contributed by atoms with Crippen LogP contribution in [0.2, 0.25) is 0 Å². The van der Waals surface area contributed by atoms with Crippen molar-refractivity contribution in [3.8, 4) is 23.0 Å². The first kappa shape index (κ1) is 22.3. The molecule has 4 heterocycles. The first-order valence-electron chi connectivity index (χ1n) is 11.3. The van der Waals surface area contributed by atoms with Gasteiger partial charge in [-0.1, -0.05) is 30.3 Å². The molecule has 11 nitrogen and oxygen atoms in total. The van der Waals surface area contributed by atoms with Gasteiger partial charge in [-0.25, -0.2) is 19.1 Å². The largest absolute Gasteiger partial charge is 0.413 e. The van der Waals surface area contributed by atoms with Crippen molar-refractivity contribution in [2.24, 2.45) is 7.05 Å². The Bertz CT molecular complexity index is 1330. The third kappa shape index (κ3) is 4.74. The summed E-state index contributed by atoms with van der Waals surface area (Å²) in [6.07, 6.45) is 5.50. The maximum Gasteiger partial charge on any atom is 0.413 e. The minimum Gasteiger partial charge on any atom is -0.391 e. The molecule has 0 spiro atoms. The Morgan fingerprint density at radius 3 is 2.63 bits per heavy atom. The van der Waals surface area contributed by atoms with Crippen LogP contribution in [-0.2, 0) is 13.5 Å². The number of likely N-dealkylation sites (tertiary alicyclic amines) is 1. The van der Waals surface area contributed by atoms with Crippen LogP contribution in [0.1, 0.15) is 22.6 Å². The lowest BCUT2D eigenvalue weighted by molar-refractivity contribution is 0.0648. The normalized spacial score (nSPS) is 12.8. The number of benzene rings is 1. The second-order valence-electron chi connectivity index (χ2n) is 8.04. The van der Waals surface area contributed by atoms with Crippen molar-refractivity contribution in [3.63, 3.8) is 0 Å². The molecule has 3 aromatic heterocycles. The Balaban J connectivity index is 1.27. The Morgan fingerprint density at radius 2 is 1.91 bits per heavy atom. The monoisotopic (exact) mass is 472 g/mol. The van der Waals surface area contributed by atoms with Crippen LogP contribution in [0.25, 0.3) is 17.1 Å². The van der Waals surface area contributed by atoms with E-state index in [-0.39, 0.29) is 23.9 Å². The third-order valence-corrected chi connectivity index (χ3v) is 5.66. The zero-order chi connectivity index (χ0) is 24.2. The van der Waals surface area contributed by atoms with Gasteiger partial charge in [-0.15, -0.1) is 5.10 Å². The lowest BCUT2D eigenvalue weighted by Gasteiger charge is -2.30. The van der Waals surface area contributed by atoms with Crippen molar-refractivity contribution in [2.45, 2.75) is 12.8 Å². The van der Waals surface area contributed by atoms with Crippen LogP contribution < -0.4 is 10.1 Å². The molecular weight excluding hydrogens is 448 g/mol. The van der Waals surface area contributed by atoms with Gasteiger partial charge in [0.1, 0.15) is 11.4 Å². The molecule has 1 aromatic carbocycles. The molecule has 1 saturated heterocycles. The van der Waals surface area contributed by atoms with Crippen LogP contribution in [0.15, 0.2) is 61.1 Å². The second kappa shape index (κ2) is 9.75. The summed E-state index contributed by atoms with van der Waals surface area (Å²) in [4.78, 5) is 35.6. The summed E-state index contributed by atoms with van der Waals surface area (Å²) in [6, 6.07) is 13.4. The summed E-state index contributed by atoms with van der Waals surface area (Å²) in [5.41, 5.74) is 1.93. The van der Waals surface area contributed by atoms with E-state index < -0.39 is 6.09 Å². The number of aromatic nitrogens is 6. The number of aryl methyl sites for hydroxylation is 1. The van der Waals surface area contributed by atoms with E-state index in [1.807, 2.05) is 42.5 Å². The van der Waals surface area contributed by atoms with Gasteiger partial charge in [-0.3, -0.25) is 9.78 Å². The summed E-state index contributed by atoms with van der Waals surface area (Å²) in [5.74, 6) is 1.16. The lowest BCUT2D eigenvalue weighted by atomic mass is 10.2. The highest BCUT2D eigenvalue weighted by Crippen LogP contribution is 2.22. The Morgan fingerprint density at radius 1 is 1.09 bits per heavy atom. The van der Waals surface area contributed by atoms with Crippen LogP contribution in [0, 0.1) is 0 Å². The number of hydrogen-bond donors (Lipinski definition) is 1. The summed E-state index contributed by atoms with van der Waals surface area (Å²) >= 11 is 0. The fourth-order valence-electron chi connectivity index (χ4n) is 3.69. The van der Waals surface area contributed by atoms with E-state index in [0.29, 0.717) is 31.2 Å². The molecule has 0 bridgehead atoms. The molecule has 1 aliphatic rings. The van der Waals surface area contributed by atoms with Crippen LogP contribution in [0.5, 0.6) is 5.88 Å². The van der Waals surface area contributed by atoms with Crippen molar-refractivity contribution in [3.05, 3.63) is 72.4 Å². The molecule has 0 atom stereocenters. The molecule has 1 aliphatic heterocycles. The topological polar surface area (TPSA) is 120 Å². The summed E-state index contributed by atoms with van der Waals surface area (Å²) in [5, 5.41) is 11.4. The minimum atomic E-state index is -0.679. The summed E-state index contributed by atoms with van der Waals surface area (Å²) < 4.78 is 8.52. The fourth-order valence-corrected chi connectivity index (χ4v) is 3.69. The molecule has 11 heteroatoms. The van der Waals surface area contributed by atoms with E-state index in [1.165, 1.54) is 10.9 Å². The number of nitrogens with zero attached hydrogens (tertiary/aromatic N) is 7. The zero-order valence-electron chi connectivity index (χ0n) is 19.2. The van der Waals surface area contributed by atoms with E-state index in [4.69, 9.17) is 4.74 Å². The van der Waals surface area contributed by atoms with Gasteiger partial charge in [0.05, 0.1) is 18.1 Å². The zero-order valence-corrected chi connectivity index (χ0v) is 19.2. The van der Waals surface area contributed by atoms with Crippen molar-refractivity contribution < 1.29 is 14.3 Å². The standard InChI is InChI=1S/C24H24N8O3/c1-30-23(19(16-27-30)22(33)31-13-6-14-31)35-24(34)26-12-10-20-28-21(17-7-3-2-4-8-17)29-32(20)18-9-5-11-25-15-18/h2-5,7-9,11,15-16H,6,10,12-14H2,1H3,(H,26,34). The SMILES string of the molecule is Cn1ncc(C(=O)N2CCC2)c1OC(=O)NCCc1nc(-c2ccccc2)nn1-c1cccnc1. The summed E-state index contributed by atoms with van der Waals surface area (Å²) in [6.45, 7) is 1.64. The van der Waals surface area contributed by atoms with Crippen molar-refractivity contribution >= 4 is 12.0 Å². The molecular formula is C24H24N8O3. The maximum absolute atomic E-state index is 12.6. The number of amides is 2. The van der Waals surface area contributed by atoms with Crippen LogP contribution in [-0.4, -0.2) is 66.1 Å². The highest BCUT2D eigenvalue weighted by atomic mass is 16.6. The summed E-state index contributed by atoms with van der Waals surface area (Å²) in [7, 11) is 1.62. The van der Waals surface area contributed by atoms with E-state index in [2.05, 4.69) is 25.5 Å². The van der Waals surface area contributed by atoms with Crippen LogP contribution >= 0.6 is 0 Å². The third-order valence-electron chi connectivity index (χ3n) is 5.66. The number of ether oxygens (including phenoxy) is 1. The average molecular weight is 473 g/mol. The Hall–Kier alpha value is -4.54. The Kier molecular flexibility index (Phi) is 6.20. The van der Waals surface area contributed by atoms with Crippen molar-refractivity contribution in [1.82, 2.24) is 39.7 Å². The van der Waals surface area contributed by atoms with E-state index >= 15 is 0 Å². The molecule has 0 radical (unpaired) electrons. The van der Waals surface area contributed by atoms with Gasteiger partial charge in [0, 0.05) is 44.9 Å². The quantitative estimate of drug-likeness (QED) is 0.438. The molecule has 1 fully saturated rings. The number of carbonyl (C=O) groups is 2. The van der Waals surface area contributed by atoms with Gasteiger partial charge in [0.2, 0.25) is 5.88 Å². The lowest BCUT2D eigenvalue weighted by Crippen LogP contribution is -2.42. The molecule has 35 heavy (non-hydrogen) atoms. The van der Waals surface area contributed by atoms with Crippen LogP contribution in [0.4, 0.5) is 4.79 Å². The van der Waals surface area contributed by atoms with Crippen LogP contribution in [0.3, 0.4) is 0 Å². The van der Waals surface area contributed by atoms with Gasteiger partial charge in [0.25, 0.3) is 5.91 Å². The number of nitrogens with one attached hydrogen (secondary N) is 1. The molecule has 4 aromatic rings. The number of rotatable bonds is 7. The average Bonchev–Trinajstić information content (AvgIpc) is 3.43. The van der Waals surface area contributed by atoms with E-state index in [0.717, 1.165) is 17.7 Å². The molecule has 1 N–H and O–H groups in total. The predicted octanol–water partition coefficient (Wildman–Crippen LogP) is 2.24. The molecule has 0 unspecified atom stereocenters. The van der Waals surface area contributed by atoms with Gasteiger partial charge in [0.15, 0.2) is 5.82 Å². The molecule has 0 saturated carbocycles. The molecule has 178 valence electrons. The molecule has 2 amide bonds. The predicted molar refractivity (Wildman–Crippen MR) is 126 cm³/mol. The van der Waals surface area contributed by atoms with Crippen molar-refractivity contribution in [1.29, 1.82) is 0 Å². The Labute approximate surface area is 201 Å². The van der Waals surface area contributed by atoms with Crippen molar-refractivity contribution in [2.75, 3.05) is 19.6 Å². The fraction of sp³-hybridized carbons (Fsp3) is 0.250. The first-order valence-corrected chi connectivity index (χ1v) is 11.3. The number of hydrogen-bond acceptors (Lipinski definition) is 7. The van der Waals surface area contributed by atoms with Gasteiger partial charge in [-0.05, 0) is 18.6 Å². The minimum absolute atomic E-state index is 0.115. The number of carbonyl (C=O) groups excluding carboxylic acids is 2. The van der Waals surface area contributed by atoms with E-state index in [9.17, 15) is 9.59 Å². The maximum atomic E-state index is 12.6. The van der Waals surface area contributed by atoms with E-state index in [1.54, 1.807) is 29.0 Å². The second-order valence-corrected chi connectivity index (χ2v) is 8.04. The first-order chi connectivity index (χ1) is 17.1.